The number of thioether (sulfide) groups is 1. The maximum atomic E-state index is 10.2. The summed E-state index contributed by atoms with van der Waals surface area (Å²) in [5.41, 5.74) is 3.64. The first-order chi connectivity index (χ1) is 22.3. The average molecular weight is 647 g/mol. The van der Waals surface area contributed by atoms with Crippen LogP contribution in [0.1, 0.15) is 63.1 Å². The number of methoxy groups -OCH3 is 2. The molecule has 0 spiro atoms. The number of aliphatic hydroxyl groups excluding tert-OH is 1. The van der Waals surface area contributed by atoms with E-state index in [1.54, 1.807) is 26.0 Å². The minimum absolute atomic E-state index is 0.0155. The van der Waals surface area contributed by atoms with Gasteiger partial charge in [0.05, 0.1) is 26.4 Å². The molecule has 1 N–H and O–H groups in total. The fourth-order valence-corrected chi connectivity index (χ4v) is 7.74. The maximum Gasteiger partial charge on any atom is 0.191 e. The average Bonchev–Trinajstić information content (AvgIpc) is 3.50. The molecule has 1 aliphatic heterocycles. The second-order valence-electron chi connectivity index (χ2n) is 12.8. The highest BCUT2D eigenvalue weighted by Gasteiger charge is 2.55. The monoisotopic (exact) mass is 646 g/mol. The van der Waals surface area contributed by atoms with Crippen LogP contribution < -0.4 is 14.4 Å². The number of rotatable bonds is 12. The van der Waals surface area contributed by atoms with Gasteiger partial charge < -0.3 is 29.0 Å². The Hall–Kier alpha value is -3.45. The summed E-state index contributed by atoms with van der Waals surface area (Å²) in [7, 11) is 3.34. The Labute approximate surface area is 273 Å². The number of nitrogens with zero attached hydrogens (tertiary/aromatic N) is 6. The zero-order valence-corrected chi connectivity index (χ0v) is 27.8. The number of hydrogen-bond donors (Lipinski definition) is 1. The third-order valence-corrected chi connectivity index (χ3v) is 10.4. The molecule has 1 saturated heterocycles. The van der Waals surface area contributed by atoms with Gasteiger partial charge in [-0.05, 0) is 50.8 Å². The van der Waals surface area contributed by atoms with Crippen molar-refractivity contribution in [1.82, 2.24) is 25.0 Å². The Kier molecular flexibility index (Phi) is 8.56. The van der Waals surface area contributed by atoms with E-state index in [0.717, 1.165) is 41.5 Å². The van der Waals surface area contributed by atoms with Gasteiger partial charge in [0.15, 0.2) is 27.9 Å². The van der Waals surface area contributed by atoms with Gasteiger partial charge in [0, 0.05) is 48.4 Å². The molecule has 0 radical (unpaired) electrons. The van der Waals surface area contributed by atoms with Gasteiger partial charge in [-0.1, -0.05) is 54.2 Å². The van der Waals surface area contributed by atoms with Crippen LogP contribution in [0.25, 0.3) is 11.2 Å². The Balaban J connectivity index is 1.33. The van der Waals surface area contributed by atoms with Crippen molar-refractivity contribution >= 4 is 28.7 Å². The number of anilines is 1. The van der Waals surface area contributed by atoms with Gasteiger partial charge >= 0.3 is 0 Å². The van der Waals surface area contributed by atoms with Gasteiger partial charge in [-0.3, -0.25) is 0 Å². The highest BCUT2D eigenvalue weighted by Crippen LogP contribution is 2.50. The highest BCUT2D eigenvalue weighted by molar-refractivity contribution is 7.99. The largest absolute Gasteiger partial charge is 0.497 e. The molecule has 12 heteroatoms. The van der Waals surface area contributed by atoms with Crippen molar-refractivity contribution in [2.24, 2.45) is 5.92 Å². The Morgan fingerprint density at radius 2 is 1.85 bits per heavy atom. The van der Waals surface area contributed by atoms with Crippen LogP contribution in [0.2, 0.25) is 0 Å². The van der Waals surface area contributed by atoms with Crippen LogP contribution in [-0.2, 0) is 16.0 Å². The molecule has 6 atom stereocenters. The van der Waals surface area contributed by atoms with Gasteiger partial charge in [0.1, 0.15) is 17.6 Å². The molecule has 46 heavy (non-hydrogen) atoms. The van der Waals surface area contributed by atoms with E-state index in [-0.39, 0.29) is 36.8 Å². The van der Waals surface area contributed by atoms with E-state index in [2.05, 4.69) is 48.2 Å². The second-order valence-corrected chi connectivity index (χ2v) is 13.9. The summed E-state index contributed by atoms with van der Waals surface area (Å²) in [6.07, 6.45) is 2.15. The van der Waals surface area contributed by atoms with E-state index < -0.39 is 5.79 Å². The van der Waals surface area contributed by atoms with E-state index >= 15 is 0 Å². The normalized spacial score (nSPS) is 26.3. The van der Waals surface area contributed by atoms with E-state index in [0.29, 0.717) is 35.2 Å². The van der Waals surface area contributed by atoms with Crippen molar-refractivity contribution in [2.45, 2.75) is 87.7 Å². The molecule has 2 aliphatic carbocycles. The molecule has 3 fully saturated rings. The maximum absolute atomic E-state index is 10.2. The molecule has 244 valence electrons. The van der Waals surface area contributed by atoms with Crippen molar-refractivity contribution in [2.75, 3.05) is 31.5 Å². The third kappa shape index (κ3) is 5.80. The molecule has 2 aromatic heterocycles. The molecule has 4 aromatic rings. The van der Waals surface area contributed by atoms with Crippen molar-refractivity contribution in [1.29, 1.82) is 0 Å². The summed E-state index contributed by atoms with van der Waals surface area (Å²) in [6, 6.07) is 16.6. The van der Waals surface area contributed by atoms with Crippen molar-refractivity contribution in [3.8, 4) is 11.5 Å². The minimum Gasteiger partial charge on any atom is -0.497 e. The second kappa shape index (κ2) is 12.6. The summed E-state index contributed by atoms with van der Waals surface area (Å²) in [5.74, 6) is 2.68. The number of fused-ring (bicyclic) bond motifs is 2. The minimum atomic E-state index is -0.743. The number of hydrogen-bond acceptors (Lipinski definition) is 11. The third-order valence-electron chi connectivity index (χ3n) is 9.31. The number of benzene rings is 2. The first-order valence-corrected chi connectivity index (χ1v) is 17.1. The fraction of sp³-hybridized carbons (Fsp3) is 0.529. The van der Waals surface area contributed by atoms with Crippen LogP contribution in [0.3, 0.4) is 0 Å². The Morgan fingerprint density at radius 3 is 2.59 bits per heavy atom. The van der Waals surface area contributed by atoms with Crippen LogP contribution in [0.5, 0.6) is 11.5 Å². The predicted octanol–water partition coefficient (Wildman–Crippen LogP) is 5.38. The Morgan fingerprint density at radius 1 is 1.04 bits per heavy atom. The molecule has 3 aliphatic rings. The summed E-state index contributed by atoms with van der Waals surface area (Å²) in [4.78, 5) is 12.6. The van der Waals surface area contributed by atoms with Crippen molar-refractivity contribution in [3.63, 3.8) is 0 Å². The summed E-state index contributed by atoms with van der Waals surface area (Å²) >= 11 is 1.64. The number of aliphatic hydroxyl groups is 1. The lowest BCUT2D eigenvalue weighted by molar-refractivity contribution is -0.162. The highest BCUT2D eigenvalue weighted by atomic mass is 32.2. The van der Waals surface area contributed by atoms with Crippen LogP contribution >= 0.6 is 11.8 Å². The van der Waals surface area contributed by atoms with E-state index in [9.17, 15) is 5.11 Å². The van der Waals surface area contributed by atoms with Crippen molar-refractivity contribution in [3.05, 3.63) is 59.7 Å². The SMILES string of the molecule is CCCSc1nc(N(Cc2ccc(OC)cc2OC)C2CC2c2ccccc2)c2nnn(C3CC(CO)C4OC(C)(C)OC43)c2n1. The molecule has 0 amide bonds. The molecule has 11 nitrogen and oxygen atoms in total. The zero-order chi connectivity index (χ0) is 32.0. The lowest BCUT2D eigenvalue weighted by Gasteiger charge is -2.26. The zero-order valence-electron chi connectivity index (χ0n) is 27.0. The molecular weight excluding hydrogens is 604 g/mol. The first kappa shape index (κ1) is 31.2. The molecule has 7 rings (SSSR count). The summed E-state index contributed by atoms with van der Waals surface area (Å²) < 4.78 is 25.8. The van der Waals surface area contributed by atoms with E-state index in [1.807, 2.05) is 30.7 Å². The standard InChI is InChI=1S/C34H42N6O5S/c1-6-14-46-33-35-31(28-32(36-33)40(38-37-28)26-15-22(19-41)29-30(26)45-34(2,3)44-29)39(25-17-24(25)20-10-8-7-9-11-20)18-21-12-13-23(42-4)16-27(21)43-5/h7-13,16,22,24-26,29-30,41H,6,14-15,17-19H2,1-5H3. The van der Waals surface area contributed by atoms with Gasteiger partial charge in [0.25, 0.3) is 0 Å². The lowest BCUT2D eigenvalue weighted by atomic mass is 10.1. The molecule has 2 saturated carbocycles. The van der Waals surface area contributed by atoms with Crippen LogP contribution in [0.4, 0.5) is 5.82 Å². The molecule has 0 bridgehead atoms. The van der Waals surface area contributed by atoms with E-state index in [4.69, 9.17) is 39.2 Å². The number of ether oxygens (including phenoxy) is 4. The van der Waals surface area contributed by atoms with Gasteiger partial charge in [-0.2, -0.15) is 0 Å². The molecular formula is C34H42N6O5S. The van der Waals surface area contributed by atoms with E-state index in [1.165, 1.54) is 5.56 Å². The first-order valence-electron chi connectivity index (χ1n) is 16.1. The van der Waals surface area contributed by atoms with Crippen molar-refractivity contribution < 1.29 is 24.1 Å². The fourth-order valence-electron chi connectivity index (χ4n) is 7.05. The summed E-state index contributed by atoms with van der Waals surface area (Å²) in [6.45, 7) is 6.56. The van der Waals surface area contributed by atoms with Crippen LogP contribution in [0.15, 0.2) is 53.7 Å². The van der Waals surface area contributed by atoms with Gasteiger partial charge in [0.2, 0.25) is 0 Å². The number of aromatic nitrogens is 5. The van der Waals surface area contributed by atoms with Gasteiger partial charge in [-0.15, -0.1) is 5.10 Å². The van der Waals surface area contributed by atoms with Crippen LogP contribution in [-0.4, -0.2) is 80.7 Å². The van der Waals surface area contributed by atoms with Crippen LogP contribution in [0, 0.1) is 5.92 Å². The Bertz CT molecular complexity index is 1690. The predicted molar refractivity (Wildman–Crippen MR) is 176 cm³/mol. The van der Waals surface area contributed by atoms with Gasteiger partial charge in [-0.25, -0.2) is 14.6 Å². The molecule has 2 aromatic carbocycles. The molecule has 3 heterocycles. The molecule has 6 unspecified atom stereocenters. The smallest absolute Gasteiger partial charge is 0.191 e. The quantitative estimate of drug-likeness (QED) is 0.158. The lowest BCUT2D eigenvalue weighted by Crippen LogP contribution is -2.29. The topological polar surface area (TPSA) is 117 Å². The summed E-state index contributed by atoms with van der Waals surface area (Å²) in [5, 5.41) is 20.4.